The Balaban J connectivity index is 2.84. The van der Waals surface area contributed by atoms with Crippen LogP contribution in [0.15, 0.2) is 24.3 Å². The van der Waals surface area contributed by atoms with Gasteiger partial charge >= 0.3 is 6.18 Å². The Morgan fingerprint density at radius 1 is 1.05 bits per heavy atom. The average Bonchev–Trinajstić information content (AvgIpc) is 2.40. The summed E-state index contributed by atoms with van der Waals surface area (Å²) in [6, 6.07) is 5.91. The van der Waals surface area contributed by atoms with Gasteiger partial charge in [0.25, 0.3) is 0 Å². The lowest BCUT2D eigenvalue weighted by atomic mass is 9.86. The number of nitrogens with zero attached hydrogens (tertiary/aromatic N) is 1. The normalized spacial score (nSPS) is 15.2. The first-order chi connectivity index (χ1) is 9.71. The number of alkyl halides is 3. The van der Waals surface area contributed by atoms with Gasteiger partial charge in [0.05, 0.1) is 5.41 Å². The number of hydrogen-bond acceptors (Lipinski definition) is 1. The van der Waals surface area contributed by atoms with E-state index in [0.717, 1.165) is 12.0 Å². The molecule has 0 bridgehead atoms. The second kappa shape index (κ2) is 7.25. The number of hydrogen-bond donors (Lipinski definition) is 0. The maximum Gasteiger partial charge on any atom is 0.395 e. The van der Waals surface area contributed by atoms with Crippen molar-refractivity contribution in [2.75, 3.05) is 13.1 Å². The van der Waals surface area contributed by atoms with Crippen LogP contribution in [0.25, 0.3) is 0 Å². The van der Waals surface area contributed by atoms with E-state index >= 15 is 0 Å². The highest BCUT2D eigenvalue weighted by Gasteiger charge is 2.50. The molecule has 5 heteroatoms. The molecule has 0 radical (unpaired) electrons. The van der Waals surface area contributed by atoms with E-state index < -0.39 is 11.6 Å². The molecule has 21 heavy (non-hydrogen) atoms. The van der Waals surface area contributed by atoms with Gasteiger partial charge < -0.3 is 0 Å². The van der Waals surface area contributed by atoms with Crippen molar-refractivity contribution in [1.29, 1.82) is 0 Å². The third-order valence-electron chi connectivity index (χ3n) is 3.90. The third-order valence-corrected chi connectivity index (χ3v) is 3.90. The van der Waals surface area contributed by atoms with E-state index in [-0.39, 0.29) is 18.8 Å². The largest absolute Gasteiger partial charge is 0.395 e. The Kier molecular flexibility index (Phi) is 6.20. The number of rotatable bonds is 7. The van der Waals surface area contributed by atoms with Crippen molar-refractivity contribution in [1.82, 2.24) is 4.90 Å². The van der Waals surface area contributed by atoms with E-state index in [4.69, 9.17) is 0 Å². The summed E-state index contributed by atoms with van der Waals surface area (Å²) >= 11 is 0. The topological polar surface area (TPSA) is 3.24 Å². The zero-order chi connectivity index (χ0) is 16.1. The molecule has 0 heterocycles. The predicted molar refractivity (Wildman–Crippen MR) is 76.4 cm³/mol. The standard InChI is InChI=1S/C16H23F4N/c1-4-10-21(11-13-6-8-14(17)9-7-13)12-15(3,5-2)16(18,19)20/h6-9H,4-5,10-12H2,1-3H3. The minimum absolute atomic E-state index is 0.0418. The lowest BCUT2D eigenvalue weighted by molar-refractivity contribution is -0.224. The fraction of sp³-hybridized carbons (Fsp3) is 0.625. The molecule has 0 aliphatic heterocycles. The molecule has 1 aromatic carbocycles. The zero-order valence-electron chi connectivity index (χ0n) is 12.8. The van der Waals surface area contributed by atoms with E-state index in [9.17, 15) is 17.6 Å². The minimum atomic E-state index is -4.23. The van der Waals surface area contributed by atoms with Crippen molar-refractivity contribution in [2.24, 2.45) is 5.41 Å². The molecule has 0 aliphatic carbocycles. The van der Waals surface area contributed by atoms with Crippen LogP contribution in [-0.4, -0.2) is 24.2 Å². The molecule has 1 rings (SSSR count). The molecule has 0 amide bonds. The Hall–Kier alpha value is -1.10. The van der Waals surface area contributed by atoms with Gasteiger partial charge in [0.1, 0.15) is 5.82 Å². The monoisotopic (exact) mass is 305 g/mol. The highest BCUT2D eigenvalue weighted by Crippen LogP contribution is 2.41. The van der Waals surface area contributed by atoms with Crippen LogP contribution in [0.4, 0.5) is 17.6 Å². The molecule has 1 atom stereocenters. The maximum atomic E-state index is 13.2. The second-order valence-electron chi connectivity index (χ2n) is 5.75. The SMILES string of the molecule is CCCN(Cc1ccc(F)cc1)CC(C)(CC)C(F)(F)F. The highest BCUT2D eigenvalue weighted by atomic mass is 19.4. The molecule has 0 saturated heterocycles. The van der Waals surface area contributed by atoms with Gasteiger partial charge in [-0.05, 0) is 44.0 Å². The van der Waals surface area contributed by atoms with Gasteiger partial charge in [-0.15, -0.1) is 0 Å². The highest BCUT2D eigenvalue weighted by molar-refractivity contribution is 5.16. The summed E-state index contributed by atoms with van der Waals surface area (Å²) in [5.41, 5.74) is -0.896. The second-order valence-corrected chi connectivity index (χ2v) is 5.75. The van der Waals surface area contributed by atoms with E-state index in [1.165, 1.54) is 19.1 Å². The Bertz CT molecular complexity index is 427. The summed E-state index contributed by atoms with van der Waals surface area (Å²) in [5.74, 6) is -0.338. The zero-order valence-corrected chi connectivity index (χ0v) is 12.8. The van der Waals surface area contributed by atoms with Gasteiger partial charge in [-0.3, -0.25) is 4.90 Å². The fourth-order valence-corrected chi connectivity index (χ4v) is 2.27. The first-order valence-electron chi connectivity index (χ1n) is 7.25. The van der Waals surface area contributed by atoms with E-state index in [2.05, 4.69) is 0 Å². The molecule has 0 saturated carbocycles. The summed E-state index contributed by atoms with van der Waals surface area (Å²) in [5, 5.41) is 0. The van der Waals surface area contributed by atoms with Gasteiger partial charge in [0.2, 0.25) is 0 Å². The minimum Gasteiger partial charge on any atom is -0.298 e. The molecule has 1 nitrogen and oxygen atoms in total. The third kappa shape index (κ3) is 4.99. The quantitative estimate of drug-likeness (QED) is 0.640. The van der Waals surface area contributed by atoms with Gasteiger partial charge in [0, 0.05) is 13.1 Å². The molecule has 0 N–H and O–H groups in total. The van der Waals surface area contributed by atoms with E-state index in [0.29, 0.717) is 13.1 Å². The van der Waals surface area contributed by atoms with Crippen molar-refractivity contribution in [3.63, 3.8) is 0 Å². The summed E-state index contributed by atoms with van der Waals surface area (Å²) in [7, 11) is 0. The molecule has 120 valence electrons. The summed E-state index contributed by atoms with van der Waals surface area (Å²) < 4.78 is 52.6. The Labute approximate surface area is 124 Å². The molecule has 0 fully saturated rings. The van der Waals surface area contributed by atoms with E-state index in [1.807, 2.05) is 6.92 Å². The van der Waals surface area contributed by atoms with Crippen LogP contribution in [0.3, 0.4) is 0 Å². The van der Waals surface area contributed by atoms with Crippen LogP contribution in [0.5, 0.6) is 0 Å². The van der Waals surface area contributed by atoms with Crippen molar-refractivity contribution < 1.29 is 17.6 Å². The first-order valence-corrected chi connectivity index (χ1v) is 7.25. The predicted octanol–water partition coefficient (Wildman–Crippen LogP) is 5.02. The Morgan fingerprint density at radius 2 is 1.62 bits per heavy atom. The van der Waals surface area contributed by atoms with Crippen LogP contribution in [0, 0.1) is 11.2 Å². The van der Waals surface area contributed by atoms with Gasteiger partial charge in [0.15, 0.2) is 0 Å². The van der Waals surface area contributed by atoms with Crippen molar-refractivity contribution in [3.05, 3.63) is 35.6 Å². The van der Waals surface area contributed by atoms with Crippen LogP contribution < -0.4 is 0 Å². The first kappa shape index (κ1) is 18.0. The summed E-state index contributed by atoms with van der Waals surface area (Å²) in [4.78, 5) is 1.80. The van der Waals surface area contributed by atoms with Gasteiger partial charge in [-0.1, -0.05) is 26.0 Å². The van der Waals surface area contributed by atoms with Crippen molar-refractivity contribution in [2.45, 2.75) is 46.3 Å². The summed E-state index contributed by atoms with van der Waals surface area (Å²) in [6.45, 7) is 5.71. The van der Waals surface area contributed by atoms with Crippen molar-refractivity contribution in [3.8, 4) is 0 Å². The molecular formula is C16H23F4N. The van der Waals surface area contributed by atoms with Crippen LogP contribution in [0.1, 0.15) is 39.2 Å². The lowest BCUT2D eigenvalue weighted by Gasteiger charge is -2.36. The molecule has 0 aliphatic rings. The molecule has 0 aromatic heterocycles. The number of halogens is 4. The molecule has 1 unspecified atom stereocenters. The smallest absolute Gasteiger partial charge is 0.298 e. The molecular weight excluding hydrogens is 282 g/mol. The average molecular weight is 305 g/mol. The fourth-order valence-electron chi connectivity index (χ4n) is 2.27. The number of benzene rings is 1. The maximum absolute atomic E-state index is 13.2. The van der Waals surface area contributed by atoms with E-state index in [1.54, 1.807) is 24.0 Å². The van der Waals surface area contributed by atoms with Crippen molar-refractivity contribution >= 4 is 0 Å². The van der Waals surface area contributed by atoms with Crippen LogP contribution in [-0.2, 0) is 6.54 Å². The van der Waals surface area contributed by atoms with Crippen LogP contribution >= 0.6 is 0 Å². The Morgan fingerprint density at radius 3 is 2.05 bits per heavy atom. The molecule has 1 aromatic rings. The summed E-state index contributed by atoms with van der Waals surface area (Å²) in [6.07, 6.45) is -3.41. The van der Waals surface area contributed by atoms with Gasteiger partial charge in [-0.25, -0.2) is 4.39 Å². The van der Waals surface area contributed by atoms with Gasteiger partial charge in [-0.2, -0.15) is 13.2 Å². The molecule has 0 spiro atoms. The van der Waals surface area contributed by atoms with Crippen LogP contribution in [0.2, 0.25) is 0 Å². The lowest BCUT2D eigenvalue weighted by Crippen LogP contribution is -2.45.